The Hall–Kier alpha value is -1.91. The second-order valence-corrected chi connectivity index (χ2v) is 12.7. The van der Waals surface area contributed by atoms with E-state index >= 15 is 0 Å². The van der Waals surface area contributed by atoms with Crippen molar-refractivity contribution in [1.82, 2.24) is 14.5 Å². The minimum Gasteiger partial charge on any atom is -0.376 e. The number of rotatable bonds is 6. The van der Waals surface area contributed by atoms with Crippen LogP contribution in [0, 0.1) is 0 Å². The van der Waals surface area contributed by atoms with E-state index < -0.39 is 40.1 Å². The fourth-order valence-electron chi connectivity index (χ4n) is 4.71. The molecule has 1 aromatic carbocycles. The molecule has 0 aliphatic carbocycles. The lowest BCUT2D eigenvalue weighted by atomic mass is 9.95. The molecule has 4 rings (SSSR count). The second-order valence-electron chi connectivity index (χ2n) is 9.57. The van der Waals surface area contributed by atoms with Crippen molar-refractivity contribution in [2.45, 2.75) is 41.2 Å². The highest BCUT2D eigenvalue weighted by molar-refractivity contribution is 7.91. The number of halogens is 6. The monoisotopic (exact) mass is 586 g/mol. The maximum absolute atomic E-state index is 13.3. The first-order valence-corrected chi connectivity index (χ1v) is 14.1. The number of piperazine rings is 2. The lowest BCUT2D eigenvalue weighted by Gasteiger charge is -2.45. The maximum Gasteiger partial charge on any atom is 0.421 e. The molecule has 2 fully saturated rings. The van der Waals surface area contributed by atoms with Crippen LogP contribution in [0.2, 0.25) is 0 Å². The maximum atomic E-state index is 13.3. The summed E-state index contributed by atoms with van der Waals surface area (Å²) in [5, 5.41) is 14.1. The number of sulfonamides is 1. The van der Waals surface area contributed by atoms with Gasteiger partial charge in [0.05, 0.1) is 6.04 Å². The van der Waals surface area contributed by atoms with Crippen LogP contribution in [0.25, 0.3) is 0 Å². The van der Waals surface area contributed by atoms with Crippen molar-refractivity contribution < 1.29 is 39.9 Å². The summed E-state index contributed by atoms with van der Waals surface area (Å²) >= 11 is 1.06. The summed E-state index contributed by atoms with van der Waals surface area (Å²) in [7, 11) is -3.82. The molecule has 0 bridgehead atoms. The van der Waals surface area contributed by atoms with E-state index in [-0.39, 0.29) is 49.0 Å². The van der Waals surface area contributed by atoms with Crippen LogP contribution < -0.4 is 10.2 Å². The van der Waals surface area contributed by atoms with Crippen LogP contribution >= 0.6 is 11.3 Å². The van der Waals surface area contributed by atoms with E-state index in [0.29, 0.717) is 19.2 Å². The topological polar surface area (TPSA) is 76.1 Å². The molecule has 3 heterocycles. The number of anilines is 1. The van der Waals surface area contributed by atoms with Crippen molar-refractivity contribution in [3.05, 3.63) is 47.3 Å². The zero-order valence-corrected chi connectivity index (χ0v) is 22.0. The van der Waals surface area contributed by atoms with Crippen molar-refractivity contribution in [3.8, 4) is 0 Å². The SMILES string of the molecule is CC(O)(c1ccc(N2CCN(S(=O)(=O)c3cccs3)C[C@@H]2CN2CCN[C@H](C(F)(F)F)C2)cc1)C(F)(F)F. The van der Waals surface area contributed by atoms with Gasteiger partial charge in [0.25, 0.3) is 10.0 Å². The number of benzene rings is 1. The third-order valence-corrected chi connectivity index (χ3v) is 10.2. The molecular weight excluding hydrogens is 558 g/mol. The van der Waals surface area contributed by atoms with Crippen LogP contribution in [0.15, 0.2) is 46.0 Å². The number of nitrogens with zero attached hydrogens (tertiary/aromatic N) is 3. The van der Waals surface area contributed by atoms with Crippen LogP contribution in [0.1, 0.15) is 12.5 Å². The number of nitrogens with one attached hydrogen (secondary N) is 1. The largest absolute Gasteiger partial charge is 0.421 e. The molecule has 0 radical (unpaired) electrons. The van der Waals surface area contributed by atoms with Crippen LogP contribution in [0.5, 0.6) is 0 Å². The van der Waals surface area contributed by atoms with Crippen LogP contribution in [-0.2, 0) is 15.6 Å². The predicted molar refractivity (Wildman–Crippen MR) is 131 cm³/mol. The highest BCUT2D eigenvalue weighted by Crippen LogP contribution is 2.39. The molecule has 3 atom stereocenters. The number of thiophene rings is 1. The first kappa shape index (κ1) is 29.1. The average Bonchev–Trinajstić information content (AvgIpc) is 3.39. The molecule has 0 amide bonds. The smallest absolute Gasteiger partial charge is 0.376 e. The normalized spacial score (nSPS) is 24.4. The third kappa shape index (κ3) is 5.97. The second kappa shape index (κ2) is 10.6. The van der Waals surface area contributed by atoms with Gasteiger partial charge in [-0.05, 0) is 36.1 Å². The summed E-state index contributed by atoms with van der Waals surface area (Å²) in [6.45, 7) is 1.15. The summed E-state index contributed by atoms with van der Waals surface area (Å²) in [5.74, 6) is 0. The molecule has 0 spiro atoms. The predicted octanol–water partition coefficient (Wildman–Crippen LogP) is 3.23. The van der Waals surface area contributed by atoms with E-state index in [1.54, 1.807) is 21.2 Å². The number of alkyl halides is 6. The van der Waals surface area contributed by atoms with Gasteiger partial charge in [0.1, 0.15) is 10.3 Å². The summed E-state index contributed by atoms with van der Waals surface area (Å²) < 4.78 is 108. The minimum absolute atomic E-state index is 0.0110. The van der Waals surface area contributed by atoms with Gasteiger partial charge in [0, 0.05) is 51.5 Å². The Kier molecular flexibility index (Phi) is 8.10. The molecule has 1 aromatic heterocycles. The van der Waals surface area contributed by atoms with Gasteiger partial charge in [-0.1, -0.05) is 18.2 Å². The van der Waals surface area contributed by atoms with E-state index in [2.05, 4.69) is 5.32 Å². The first-order valence-electron chi connectivity index (χ1n) is 11.8. The molecule has 2 saturated heterocycles. The van der Waals surface area contributed by atoms with Gasteiger partial charge in [-0.25, -0.2) is 8.42 Å². The molecule has 212 valence electrons. The lowest BCUT2D eigenvalue weighted by Crippen LogP contribution is -2.62. The Morgan fingerprint density at radius 2 is 1.71 bits per heavy atom. The third-order valence-electron chi connectivity index (χ3n) is 6.97. The van der Waals surface area contributed by atoms with Gasteiger partial charge in [-0.3, -0.25) is 4.90 Å². The lowest BCUT2D eigenvalue weighted by molar-refractivity contribution is -0.258. The Morgan fingerprint density at radius 3 is 2.29 bits per heavy atom. The molecule has 2 aliphatic rings. The first-order chi connectivity index (χ1) is 17.6. The van der Waals surface area contributed by atoms with Gasteiger partial charge in [-0.15, -0.1) is 11.3 Å². The standard InChI is InChI=1S/C23H28F6N4O3S2/c1-21(34,23(27,28)29)16-4-6-17(7-5-16)33-11-10-32(38(35,36)20-3-2-12-37-20)14-18(33)13-31-9-8-30-19(15-31)22(24,25)26/h2-7,12,18-19,30,34H,8-11,13-15H2,1H3/t18-,19-,21?/m0/s1. The van der Waals surface area contributed by atoms with Gasteiger partial charge >= 0.3 is 12.4 Å². The van der Waals surface area contributed by atoms with Crippen LogP contribution in [0.3, 0.4) is 0 Å². The van der Waals surface area contributed by atoms with Gasteiger partial charge in [-0.2, -0.15) is 30.6 Å². The minimum atomic E-state index is -4.89. The molecule has 15 heteroatoms. The van der Waals surface area contributed by atoms with E-state index in [0.717, 1.165) is 23.5 Å². The molecule has 2 N–H and O–H groups in total. The molecular formula is C23H28F6N4O3S2. The zero-order chi connectivity index (χ0) is 27.9. The van der Waals surface area contributed by atoms with Crippen LogP contribution in [-0.4, -0.2) is 93.0 Å². The van der Waals surface area contributed by atoms with Gasteiger partial charge in [0.2, 0.25) is 0 Å². The Balaban J connectivity index is 1.60. The summed E-state index contributed by atoms with van der Waals surface area (Å²) in [6.07, 6.45) is -9.33. The number of aliphatic hydroxyl groups is 1. The van der Waals surface area contributed by atoms with Crippen molar-refractivity contribution in [1.29, 1.82) is 0 Å². The highest BCUT2D eigenvalue weighted by atomic mass is 32.2. The summed E-state index contributed by atoms with van der Waals surface area (Å²) in [5.41, 5.74) is -2.95. The fraction of sp³-hybridized carbons (Fsp3) is 0.565. The highest BCUT2D eigenvalue weighted by Gasteiger charge is 2.51. The Bertz CT molecular complexity index is 1190. The Labute approximate surface area is 220 Å². The zero-order valence-electron chi connectivity index (χ0n) is 20.3. The number of hydrogen-bond donors (Lipinski definition) is 2. The molecule has 2 aliphatic heterocycles. The van der Waals surface area contributed by atoms with Gasteiger partial charge in [0.15, 0.2) is 5.60 Å². The molecule has 0 saturated carbocycles. The van der Waals surface area contributed by atoms with Gasteiger partial charge < -0.3 is 15.3 Å². The van der Waals surface area contributed by atoms with Crippen molar-refractivity contribution >= 4 is 27.0 Å². The molecule has 1 unspecified atom stereocenters. The van der Waals surface area contributed by atoms with E-state index in [4.69, 9.17) is 0 Å². The quantitative estimate of drug-likeness (QED) is 0.507. The van der Waals surface area contributed by atoms with Crippen molar-refractivity contribution in [2.75, 3.05) is 50.7 Å². The fourth-order valence-corrected chi connectivity index (χ4v) is 7.33. The summed E-state index contributed by atoms with van der Waals surface area (Å²) in [6, 6.07) is 5.92. The number of hydrogen-bond acceptors (Lipinski definition) is 7. The van der Waals surface area contributed by atoms with E-state index in [1.807, 2.05) is 0 Å². The van der Waals surface area contributed by atoms with E-state index in [1.165, 1.54) is 22.5 Å². The average molecular weight is 587 g/mol. The molecule has 38 heavy (non-hydrogen) atoms. The molecule has 2 aromatic rings. The van der Waals surface area contributed by atoms with E-state index in [9.17, 15) is 39.9 Å². The Morgan fingerprint density at radius 1 is 1.03 bits per heavy atom. The summed E-state index contributed by atoms with van der Waals surface area (Å²) in [4.78, 5) is 3.42. The molecule has 7 nitrogen and oxygen atoms in total. The van der Waals surface area contributed by atoms with Crippen molar-refractivity contribution in [3.63, 3.8) is 0 Å². The van der Waals surface area contributed by atoms with Crippen LogP contribution in [0.4, 0.5) is 32.0 Å². The van der Waals surface area contributed by atoms with Crippen molar-refractivity contribution in [2.24, 2.45) is 0 Å².